The predicted molar refractivity (Wildman–Crippen MR) is 111 cm³/mol. The van der Waals surface area contributed by atoms with Crippen LogP contribution in [0, 0.1) is 0 Å². The second-order valence-corrected chi connectivity index (χ2v) is 7.63. The molecule has 2 aromatic rings. The highest BCUT2D eigenvalue weighted by Gasteiger charge is 2.17. The Kier molecular flexibility index (Phi) is 9.29. The van der Waals surface area contributed by atoms with Crippen LogP contribution in [0.25, 0.3) is 0 Å². The summed E-state index contributed by atoms with van der Waals surface area (Å²) in [7, 11) is 5.65. The number of pyridine rings is 1. The zero-order valence-corrected chi connectivity index (χ0v) is 18.2. The Labute approximate surface area is 182 Å². The lowest BCUT2D eigenvalue weighted by Gasteiger charge is -2.22. The fourth-order valence-electron chi connectivity index (χ4n) is 2.43. The number of ketones is 1. The number of halogens is 1. The average molecular weight is 432 g/mol. The van der Waals surface area contributed by atoms with E-state index in [9.17, 15) is 14.4 Å². The number of nitrogens with one attached hydrogen (secondary N) is 2. The lowest BCUT2D eigenvalue weighted by molar-refractivity contribution is -0.862. The van der Waals surface area contributed by atoms with Crippen LogP contribution < -0.4 is 23.1 Å². The van der Waals surface area contributed by atoms with Crippen molar-refractivity contribution in [2.45, 2.75) is 13.3 Å². The minimum absolute atomic E-state index is 0. The molecule has 160 valence electrons. The molecule has 9 heteroatoms. The van der Waals surface area contributed by atoms with Gasteiger partial charge in [-0.2, -0.15) is 5.10 Å². The van der Waals surface area contributed by atoms with Gasteiger partial charge in [-0.25, -0.2) is 5.43 Å². The summed E-state index contributed by atoms with van der Waals surface area (Å²) in [6.45, 7) is 1.69. The molecule has 0 aliphatic carbocycles. The van der Waals surface area contributed by atoms with Crippen LogP contribution in [-0.2, 0) is 16.0 Å². The van der Waals surface area contributed by atoms with Crippen molar-refractivity contribution in [3.8, 4) is 0 Å². The summed E-state index contributed by atoms with van der Waals surface area (Å²) >= 11 is 0. The van der Waals surface area contributed by atoms with E-state index in [-0.39, 0.29) is 42.8 Å². The summed E-state index contributed by atoms with van der Waals surface area (Å²) in [6, 6.07) is 11.9. The number of carbonyl (C=O) groups is 3. The molecule has 8 nitrogen and oxygen atoms in total. The third-order valence-electron chi connectivity index (χ3n) is 3.82. The van der Waals surface area contributed by atoms with Crippen LogP contribution in [0.2, 0.25) is 0 Å². The molecular formula is C21H26ClN5O3. The van der Waals surface area contributed by atoms with Crippen molar-refractivity contribution in [3.63, 3.8) is 0 Å². The normalized spacial score (nSPS) is 11.3. The van der Waals surface area contributed by atoms with Gasteiger partial charge in [0, 0.05) is 29.6 Å². The lowest BCUT2D eigenvalue weighted by Crippen LogP contribution is -3.00. The first kappa shape index (κ1) is 24.9. The van der Waals surface area contributed by atoms with Crippen LogP contribution in [0.4, 0.5) is 5.69 Å². The van der Waals surface area contributed by atoms with Crippen LogP contribution in [0.5, 0.6) is 0 Å². The molecule has 0 bridgehead atoms. The fraction of sp³-hybridized carbons (Fsp3) is 0.286. The first-order valence-electron chi connectivity index (χ1n) is 9.12. The quantitative estimate of drug-likeness (QED) is 0.233. The summed E-state index contributed by atoms with van der Waals surface area (Å²) in [6.07, 6.45) is 1.78. The van der Waals surface area contributed by atoms with Crippen molar-refractivity contribution < 1.29 is 31.3 Å². The van der Waals surface area contributed by atoms with Gasteiger partial charge in [0.1, 0.15) is 5.71 Å². The number of Topliss-reactive ketones (excluding diaryl/α,β-unsaturated/α-hetero) is 1. The molecule has 2 rings (SSSR count). The van der Waals surface area contributed by atoms with Gasteiger partial charge >= 0.3 is 0 Å². The zero-order valence-electron chi connectivity index (χ0n) is 17.5. The van der Waals surface area contributed by atoms with Crippen LogP contribution in [0.1, 0.15) is 23.0 Å². The number of hydrazone groups is 1. The van der Waals surface area contributed by atoms with Gasteiger partial charge in [-0.05, 0) is 43.3 Å². The standard InChI is InChI=1S/C21H25N5O3.ClH/c1-15(27)16-8-10-17(11-9-16)23-21(29)19(13-18-7-5-6-12-22-18)24-25-20(28)14-26(2,3)4;/h5-12H,13-14H2,1-4H3,(H-,23,25,27,28,29);1H. The largest absolute Gasteiger partial charge is 1.00 e. The molecule has 0 unspecified atom stereocenters. The van der Waals surface area contributed by atoms with Gasteiger partial charge in [0.15, 0.2) is 12.3 Å². The van der Waals surface area contributed by atoms with Crippen molar-refractivity contribution >= 4 is 29.0 Å². The third-order valence-corrected chi connectivity index (χ3v) is 3.82. The van der Waals surface area contributed by atoms with Gasteiger partial charge < -0.3 is 22.2 Å². The maximum atomic E-state index is 12.7. The Balaban J connectivity index is 0.00000450. The van der Waals surface area contributed by atoms with Crippen LogP contribution in [0.15, 0.2) is 53.8 Å². The highest BCUT2D eigenvalue weighted by atomic mass is 35.5. The van der Waals surface area contributed by atoms with Crippen molar-refractivity contribution in [2.75, 3.05) is 33.0 Å². The molecule has 0 fully saturated rings. The second kappa shape index (κ2) is 11.2. The Morgan fingerprint density at radius 2 is 1.70 bits per heavy atom. The monoisotopic (exact) mass is 431 g/mol. The van der Waals surface area contributed by atoms with Crippen LogP contribution in [0.3, 0.4) is 0 Å². The lowest BCUT2D eigenvalue weighted by atomic mass is 10.1. The number of benzene rings is 1. The van der Waals surface area contributed by atoms with Gasteiger partial charge in [-0.3, -0.25) is 19.4 Å². The van der Waals surface area contributed by atoms with Crippen LogP contribution >= 0.6 is 0 Å². The molecule has 2 N–H and O–H groups in total. The number of rotatable bonds is 8. The van der Waals surface area contributed by atoms with Crippen molar-refractivity contribution in [1.29, 1.82) is 0 Å². The van der Waals surface area contributed by atoms with Gasteiger partial charge in [-0.15, -0.1) is 0 Å². The van der Waals surface area contributed by atoms with E-state index in [1.807, 2.05) is 27.2 Å². The Bertz CT molecular complexity index is 906. The highest BCUT2D eigenvalue weighted by Crippen LogP contribution is 2.10. The molecule has 1 aromatic carbocycles. The van der Waals surface area contributed by atoms with Crippen molar-refractivity contribution in [2.24, 2.45) is 5.10 Å². The number of quaternary nitrogens is 1. The third kappa shape index (κ3) is 8.50. The van der Waals surface area contributed by atoms with E-state index in [2.05, 4.69) is 20.8 Å². The Hall–Kier alpha value is -3.10. The summed E-state index contributed by atoms with van der Waals surface area (Å²) < 4.78 is 0.436. The van der Waals surface area contributed by atoms with Gasteiger partial charge in [0.25, 0.3) is 11.8 Å². The number of anilines is 1. The number of carbonyl (C=O) groups excluding carboxylic acids is 3. The molecule has 0 atom stereocenters. The topological polar surface area (TPSA) is 101 Å². The number of likely N-dealkylation sites (N-methyl/N-ethyl adjacent to an activating group) is 1. The van der Waals surface area contributed by atoms with E-state index in [4.69, 9.17) is 0 Å². The molecule has 2 amide bonds. The van der Waals surface area contributed by atoms with E-state index in [1.165, 1.54) is 6.92 Å². The molecular weight excluding hydrogens is 406 g/mol. The summed E-state index contributed by atoms with van der Waals surface area (Å²) in [5.74, 6) is -0.813. The molecule has 1 aromatic heterocycles. The maximum Gasteiger partial charge on any atom is 0.295 e. The number of nitrogens with zero attached hydrogens (tertiary/aromatic N) is 3. The number of aromatic nitrogens is 1. The SMILES string of the molecule is CC(=O)c1ccc(NC(=O)/C(Cc2ccccn2)=N\NC(=O)C[N+](C)(C)C)cc1.[Cl-]. The van der Waals surface area contributed by atoms with E-state index >= 15 is 0 Å². The molecule has 0 saturated heterocycles. The molecule has 0 spiro atoms. The first-order valence-corrected chi connectivity index (χ1v) is 9.12. The smallest absolute Gasteiger partial charge is 0.295 e. The van der Waals surface area contributed by atoms with E-state index < -0.39 is 5.91 Å². The van der Waals surface area contributed by atoms with E-state index in [1.54, 1.807) is 42.6 Å². The zero-order chi connectivity index (χ0) is 21.4. The maximum absolute atomic E-state index is 12.7. The summed E-state index contributed by atoms with van der Waals surface area (Å²) in [4.78, 5) is 40.4. The van der Waals surface area contributed by atoms with Gasteiger partial charge in [0.05, 0.1) is 21.1 Å². The number of amides is 2. The molecule has 0 radical (unpaired) electrons. The van der Waals surface area contributed by atoms with Crippen LogP contribution in [-0.4, -0.2) is 60.5 Å². The van der Waals surface area contributed by atoms with Crippen molar-refractivity contribution in [3.05, 3.63) is 59.9 Å². The predicted octanol–water partition coefficient (Wildman–Crippen LogP) is -1.35. The Morgan fingerprint density at radius 3 is 2.23 bits per heavy atom. The molecule has 0 saturated carbocycles. The number of hydrogen-bond acceptors (Lipinski definition) is 5. The number of hydrogen-bond donors (Lipinski definition) is 2. The summed E-state index contributed by atoms with van der Waals surface area (Å²) in [5, 5.41) is 6.78. The summed E-state index contributed by atoms with van der Waals surface area (Å²) in [5.41, 5.74) is 4.29. The minimum Gasteiger partial charge on any atom is -1.00 e. The van der Waals surface area contributed by atoms with E-state index in [0.29, 0.717) is 21.4 Å². The first-order chi connectivity index (χ1) is 13.6. The van der Waals surface area contributed by atoms with Gasteiger partial charge in [-0.1, -0.05) is 6.07 Å². The average Bonchev–Trinajstić information content (AvgIpc) is 2.65. The Morgan fingerprint density at radius 1 is 1.03 bits per heavy atom. The highest BCUT2D eigenvalue weighted by molar-refractivity contribution is 6.43. The second-order valence-electron chi connectivity index (χ2n) is 7.63. The molecule has 1 heterocycles. The van der Waals surface area contributed by atoms with E-state index in [0.717, 1.165) is 0 Å². The molecule has 0 aliphatic rings. The fourth-order valence-corrected chi connectivity index (χ4v) is 2.43. The minimum atomic E-state index is -0.461. The van der Waals surface area contributed by atoms with Gasteiger partial charge in [0.2, 0.25) is 0 Å². The molecule has 30 heavy (non-hydrogen) atoms. The van der Waals surface area contributed by atoms with Crippen molar-refractivity contribution in [1.82, 2.24) is 10.4 Å². The molecule has 0 aliphatic heterocycles.